The lowest BCUT2D eigenvalue weighted by Crippen LogP contribution is -2.24. The topological polar surface area (TPSA) is 30.5 Å². The van der Waals surface area contributed by atoms with E-state index in [-0.39, 0.29) is 0 Å². The van der Waals surface area contributed by atoms with E-state index in [1.165, 1.54) is 12.8 Å². The highest BCUT2D eigenvalue weighted by atomic mass is 16.5. The molecule has 0 spiro atoms. The molecule has 3 heteroatoms. The summed E-state index contributed by atoms with van der Waals surface area (Å²) in [6, 6.07) is 8.20. The molecule has 18 heavy (non-hydrogen) atoms. The summed E-state index contributed by atoms with van der Waals surface area (Å²) >= 11 is 0. The highest BCUT2D eigenvalue weighted by Crippen LogP contribution is 2.18. The second kappa shape index (κ2) is 7.27. The van der Waals surface area contributed by atoms with Crippen molar-refractivity contribution in [3.8, 4) is 5.75 Å². The van der Waals surface area contributed by atoms with E-state index in [2.05, 4.69) is 24.4 Å². The Morgan fingerprint density at radius 2 is 2.17 bits per heavy atom. The highest BCUT2D eigenvalue weighted by Gasteiger charge is 2.13. The average molecular weight is 249 g/mol. The summed E-state index contributed by atoms with van der Waals surface area (Å²) < 4.78 is 11.0. The monoisotopic (exact) mass is 249 g/mol. The SMILES string of the molecule is CCCOc1ccc(NCC2CCCOC2)cc1. The van der Waals surface area contributed by atoms with Gasteiger partial charge in [0.2, 0.25) is 0 Å². The van der Waals surface area contributed by atoms with E-state index in [0.717, 1.165) is 44.2 Å². The molecule has 1 aliphatic heterocycles. The molecule has 1 aromatic carbocycles. The number of anilines is 1. The molecule has 1 fully saturated rings. The predicted molar refractivity (Wildman–Crippen MR) is 74.3 cm³/mol. The molecule has 1 N–H and O–H groups in total. The van der Waals surface area contributed by atoms with Crippen LogP contribution in [0.4, 0.5) is 5.69 Å². The lowest BCUT2D eigenvalue weighted by atomic mass is 10.0. The van der Waals surface area contributed by atoms with Crippen LogP contribution >= 0.6 is 0 Å². The van der Waals surface area contributed by atoms with Crippen LogP contribution in [0, 0.1) is 5.92 Å². The van der Waals surface area contributed by atoms with E-state index in [9.17, 15) is 0 Å². The largest absolute Gasteiger partial charge is 0.494 e. The Balaban J connectivity index is 1.75. The lowest BCUT2D eigenvalue weighted by Gasteiger charge is -2.22. The Labute approximate surface area is 109 Å². The zero-order chi connectivity index (χ0) is 12.6. The van der Waals surface area contributed by atoms with Gasteiger partial charge in [0.25, 0.3) is 0 Å². The molecule has 100 valence electrons. The van der Waals surface area contributed by atoms with Gasteiger partial charge in [0.05, 0.1) is 13.2 Å². The van der Waals surface area contributed by atoms with Gasteiger partial charge in [-0.1, -0.05) is 6.92 Å². The van der Waals surface area contributed by atoms with E-state index >= 15 is 0 Å². The zero-order valence-corrected chi connectivity index (χ0v) is 11.2. The van der Waals surface area contributed by atoms with Gasteiger partial charge in [-0.2, -0.15) is 0 Å². The summed E-state index contributed by atoms with van der Waals surface area (Å²) in [4.78, 5) is 0. The quantitative estimate of drug-likeness (QED) is 0.839. The normalized spacial score (nSPS) is 19.5. The Kier molecular flexibility index (Phi) is 5.34. The van der Waals surface area contributed by atoms with Crippen LogP contribution in [0.2, 0.25) is 0 Å². The fourth-order valence-electron chi connectivity index (χ4n) is 2.12. The molecule has 0 amide bonds. The molecule has 0 saturated carbocycles. The average Bonchev–Trinajstić information content (AvgIpc) is 2.45. The van der Waals surface area contributed by atoms with Gasteiger partial charge in [-0.25, -0.2) is 0 Å². The summed E-state index contributed by atoms with van der Waals surface area (Å²) in [5.74, 6) is 1.60. The van der Waals surface area contributed by atoms with Gasteiger partial charge in [-0.15, -0.1) is 0 Å². The first-order chi connectivity index (χ1) is 8.88. The molecular formula is C15H23NO2. The Hall–Kier alpha value is -1.22. The first-order valence-corrected chi connectivity index (χ1v) is 6.93. The first-order valence-electron chi connectivity index (χ1n) is 6.93. The molecule has 1 saturated heterocycles. The zero-order valence-electron chi connectivity index (χ0n) is 11.2. The Bertz CT molecular complexity index is 331. The summed E-state index contributed by atoms with van der Waals surface area (Å²) in [6.07, 6.45) is 3.50. The van der Waals surface area contributed by atoms with Crippen LogP contribution in [0.5, 0.6) is 5.75 Å². The minimum Gasteiger partial charge on any atom is -0.494 e. The summed E-state index contributed by atoms with van der Waals surface area (Å²) in [5.41, 5.74) is 1.16. The van der Waals surface area contributed by atoms with E-state index in [4.69, 9.17) is 9.47 Å². The lowest BCUT2D eigenvalue weighted by molar-refractivity contribution is 0.0595. The van der Waals surface area contributed by atoms with Gasteiger partial charge < -0.3 is 14.8 Å². The summed E-state index contributed by atoms with van der Waals surface area (Å²) in [7, 11) is 0. The molecule has 1 unspecified atom stereocenters. The van der Waals surface area contributed by atoms with Crippen molar-refractivity contribution in [3.05, 3.63) is 24.3 Å². The Morgan fingerprint density at radius 3 is 2.83 bits per heavy atom. The summed E-state index contributed by atoms with van der Waals surface area (Å²) in [6.45, 7) is 5.72. The van der Waals surface area contributed by atoms with Gasteiger partial charge in [0.1, 0.15) is 5.75 Å². The molecule has 1 atom stereocenters. The van der Waals surface area contributed by atoms with Crippen LogP contribution in [-0.4, -0.2) is 26.4 Å². The van der Waals surface area contributed by atoms with Crippen molar-refractivity contribution in [2.75, 3.05) is 31.7 Å². The number of ether oxygens (including phenoxy) is 2. The maximum absolute atomic E-state index is 5.56. The smallest absolute Gasteiger partial charge is 0.119 e. The Morgan fingerprint density at radius 1 is 1.33 bits per heavy atom. The number of benzene rings is 1. The minimum absolute atomic E-state index is 0.648. The van der Waals surface area contributed by atoms with Crippen LogP contribution in [0.25, 0.3) is 0 Å². The molecule has 0 bridgehead atoms. The molecule has 3 nitrogen and oxygen atoms in total. The van der Waals surface area contributed by atoms with Crippen molar-refractivity contribution in [1.82, 2.24) is 0 Å². The third-order valence-corrected chi connectivity index (χ3v) is 3.18. The second-order valence-electron chi connectivity index (χ2n) is 4.84. The molecule has 1 aliphatic rings. The van der Waals surface area contributed by atoms with Crippen LogP contribution in [0.15, 0.2) is 24.3 Å². The van der Waals surface area contributed by atoms with Crippen molar-refractivity contribution >= 4 is 5.69 Å². The van der Waals surface area contributed by atoms with Crippen LogP contribution < -0.4 is 10.1 Å². The number of hydrogen-bond acceptors (Lipinski definition) is 3. The van der Waals surface area contributed by atoms with Crippen LogP contribution in [-0.2, 0) is 4.74 Å². The number of hydrogen-bond donors (Lipinski definition) is 1. The maximum Gasteiger partial charge on any atom is 0.119 e. The predicted octanol–water partition coefficient (Wildman–Crippen LogP) is 3.31. The van der Waals surface area contributed by atoms with Gasteiger partial charge >= 0.3 is 0 Å². The molecule has 2 rings (SSSR count). The third-order valence-electron chi connectivity index (χ3n) is 3.18. The molecule has 1 aromatic rings. The fraction of sp³-hybridized carbons (Fsp3) is 0.600. The second-order valence-corrected chi connectivity index (χ2v) is 4.84. The van der Waals surface area contributed by atoms with Crippen molar-refractivity contribution in [1.29, 1.82) is 0 Å². The van der Waals surface area contributed by atoms with Crippen molar-refractivity contribution in [2.24, 2.45) is 5.92 Å². The van der Waals surface area contributed by atoms with Crippen molar-refractivity contribution in [2.45, 2.75) is 26.2 Å². The summed E-state index contributed by atoms with van der Waals surface area (Å²) in [5, 5.41) is 3.46. The number of rotatable bonds is 6. The van der Waals surface area contributed by atoms with Crippen LogP contribution in [0.3, 0.4) is 0 Å². The molecular weight excluding hydrogens is 226 g/mol. The van der Waals surface area contributed by atoms with Gasteiger partial charge in [0, 0.05) is 18.8 Å². The van der Waals surface area contributed by atoms with Crippen LogP contribution in [0.1, 0.15) is 26.2 Å². The molecule has 0 radical (unpaired) electrons. The molecule has 1 heterocycles. The van der Waals surface area contributed by atoms with E-state index in [1.54, 1.807) is 0 Å². The highest BCUT2D eigenvalue weighted by molar-refractivity contribution is 5.46. The maximum atomic E-state index is 5.56. The van der Waals surface area contributed by atoms with Gasteiger partial charge in [0.15, 0.2) is 0 Å². The molecule has 0 aliphatic carbocycles. The number of nitrogens with one attached hydrogen (secondary N) is 1. The van der Waals surface area contributed by atoms with Crippen molar-refractivity contribution in [3.63, 3.8) is 0 Å². The molecule has 0 aromatic heterocycles. The first kappa shape index (κ1) is 13.2. The van der Waals surface area contributed by atoms with E-state index in [0.29, 0.717) is 5.92 Å². The van der Waals surface area contributed by atoms with E-state index in [1.807, 2.05) is 12.1 Å². The standard InChI is InChI=1S/C15H23NO2/c1-2-9-18-15-7-5-14(6-8-15)16-11-13-4-3-10-17-12-13/h5-8,13,16H,2-4,9-12H2,1H3. The van der Waals surface area contributed by atoms with Gasteiger partial charge in [-0.3, -0.25) is 0 Å². The fourth-order valence-corrected chi connectivity index (χ4v) is 2.12. The van der Waals surface area contributed by atoms with Crippen molar-refractivity contribution < 1.29 is 9.47 Å². The van der Waals surface area contributed by atoms with E-state index < -0.39 is 0 Å². The third kappa shape index (κ3) is 4.22. The van der Waals surface area contributed by atoms with Gasteiger partial charge in [-0.05, 0) is 49.4 Å². The minimum atomic E-state index is 0.648.